The maximum atomic E-state index is 5.33. The fourth-order valence-electron chi connectivity index (χ4n) is 1.80. The number of hydrogen-bond donors (Lipinski definition) is 1. The zero-order chi connectivity index (χ0) is 11.2. The first-order chi connectivity index (χ1) is 7.88. The van der Waals surface area contributed by atoms with E-state index in [4.69, 9.17) is 4.74 Å². The molecule has 0 saturated carbocycles. The van der Waals surface area contributed by atoms with Crippen LogP contribution in [-0.2, 0) is 0 Å². The molecule has 16 heavy (non-hydrogen) atoms. The van der Waals surface area contributed by atoms with Gasteiger partial charge in [0.15, 0.2) is 0 Å². The van der Waals surface area contributed by atoms with Crippen molar-refractivity contribution in [3.8, 4) is 5.88 Å². The van der Waals surface area contributed by atoms with Gasteiger partial charge >= 0.3 is 0 Å². The van der Waals surface area contributed by atoms with Crippen molar-refractivity contribution in [1.82, 2.24) is 15.0 Å². The van der Waals surface area contributed by atoms with E-state index in [1.165, 1.54) is 25.6 Å². The van der Waals surface area contributed by atoms with Crippen LogP contribution in [0.15, 0.2) is 12.4 Å². The van der Waals surface area contributed by atoms with Crippen molar-refractivity contribution in [3.63, 3.8) is 0 Å². The van der Waals surface area contributed by atoms with Crippen molar-refractivity contribution < 1.29 is 4.74 Å². The molecule has 1 aliphatic heterocycles. The average Bonchev–Trinajstić information content (AvgIpc) is 2.31. The molecule has 1 saturated heterocycles. The fraction of sp³-hybridized carbons (Fsp3) is 0.636. The number of hydrazine groups is 1. The molecular formula is C11H18N4O. The number of nitrogens with zero attached hydrogens (tertiary/aromatic N) is 3. The highest BCUT2D eigenvalue weighted by Gasteiger charge is 2.10. The van der Waals surface area contributed by atoms with E-state index in [-0.39, 0.29) is 0 Å². The number of piperidine rings is 1. The summed E-state index contributed by atoms with van der Waals surface area (Å²) in [5.41, 5.74) is 3.28. The molecule has 5 nitrogen and oxygen atoms in total. The summed E-state index contributed by atoms with van der Waals surface area (Å²) < 4.78 is 5.33. The van der Waals surface area contributed by atoms with Crippen LogP contribution in [0, 0.1) is 0 Å². The monoisotopic (exact) mass is 222 g/mol. The fourth-order valence-corrected chi connectivity index (χ4v) is 1.80. The minimum Gasteiger partial charge on any atom is -0.478 e. The molecule has 1 aromatic rings. The molecule has 0 bridgehead atoms. The predicted octanol–water partition coefficient (Wildman–Crippen LogP) is 1.69. The molecule has 1 aliphatic rings. The zero-order valence-electron chi connectivity index (χ0n) is 9.65. The maximum absolute atomic E-state index is 5.33. The van der Waals surface area contributed by atoms with Crippen LogP contribution in [-0.4, -0.2) is 34.7 Å². The van der Waals surface area contributed by atoms with E-state index >= 15 is 0 Å². The Labute approximate surface area is 95.8 Å². The van der Waals surface area contributed by atoms with Crippen LogP contribution in [0.4, 0.5) is 5.82 Å². The van der Waals surface area contributed by atoms with Gasteiger partial charge < -0.3 is 10.2 Å². The van der Waals surface area contributed by atoms with E-state index < -0.39 is 0 Å². The first-order valence-corrected chi connectivity index (χ1v) is 5.85. The highest BCUT2D eigenvalue weighted by Crippen LogP contribution is 2.14. The van der Waals surface area contributed by atoms with Crippen LogP contribution >= 0.6 is 0 Å². The first-order valence-electron chi connectivity index (χ1n) is 5.85. The van der Waals surface area contributed by atoms with Crippen molar-refractivity contribution in [2.45, 2.75) is 26.2 Å². The van der Waals surface area contributed by atoms with E-state index in [1.54, 1.807) is 0 Å². The van der Waals surface area contributed by atoms with Crippen LogP contribution in [0.1, 0.15) is 26.2 Å². The lowest BCUT2D eigenvalue weighted by Gasteiger charge is -2.27. The van der Waals surface area contributed by atoms with Crippen LogP contribution in [0.2, 0.25) is 0 Å². The Bertz CT molecular complexity index is 326. The molecule has 0 radical (unpaired) electrons. The number of ether oxygens (including phenoxy) is 1. The smallest absolute Gasteiger partial charge is 0.218 e. The molecule has 0 spiro atoms. The minimum absolute atomic E-state index is 0.622. The Hall–Kier alpha value is -1.36. The first kappa shape index (κ1) is 11.1. The Kier molecular flexibility index (Phi) is 3.93. The van der Waals surface area contributed by atoms with Crippen molar-refractivity contribution >= 4 is 5.82 Å². The SMILES string of the molecule is CCOc1cc(NN2CCCCC2)ncn1. The molecule has 5 heteroatoms. The van der Waals surface area contributed by atoms with Gasteiger partial charge in [-0.2, -0.15) is 0 Å². The highest BCUT2D eigenvalue weighted by molar-refractivity contribution is 5.35. The van der Waals surface area contributed by atoms with Gasteiger partial charge in [0.05, 0.1) is 6.61 Å². The third-order valence-corrected chi connectivity index (χ3v) is 2.56. The van der Waals surface area contributed by atoms with Gasteiger partial charge in [-0.15, -0.1) is 0 Å². The van der Waals surface area contributed by atoms with Gasteiger partial charge in [-0.05, 0) is 19.8 Å². The van der Waals surface area contributed by atoms with Crippen molar-refractivity contribution in [3.05, 3.63) is 12.4 Å². The third kappa shape index (κ3) is 3.06. The number of anilines is 1. The van der Waals surface area contributed by atoms with E-state index in [1.807, 2.05) is 13.0 Å². The Balaban J connectivity index is 1.94. The second-order valence-electron chi connectivity index (χ2n) is 3.83. The van der Waals surface area contributed by atoms with Crippen molar-refractivity contribution in [1.29, 1.82) is 0 Å². The van der Waals surface area contributed by atoms with E-state index in [2.05, 4.69) is 20.4 Å². The molecule has 2 heterocycles. The second kappa shape index (κ2) is 5.65. The van der Waals surface area contributed by atoms with Crippen LogP contribution in [0.25, 0.3) is 0 Å². The summed E-state index contributed by atoms with van der Waals surface area (Å²) >= 11 is 0. The Morgan fingerprint density at radius 1 is 1.31 bits per heavy atom. The third-order valence-electron chi connectivity index (χ3n) is 2.56. The molecule has 0 aliphatic carbocycles. The zero-order valence-corrected chi connectivity index (χ0v) is 9.65. The molecular weight excluding hydrogens is 204 g/mol. The van der Waals surface area contributed by atoms with Crippen LogP contribution in [0.3, 0.4) is 0 Å². The van der Waals surface area contributed by atoms with Gasteiger partial charge in [0.25, 0.3) is 0 Å². The average molecular weight is 222 g/mol. The number of aromatic nitrogens is 2. The number of hydrogen-bond acceptors (Lipinski definition) is 5. The lowest BCUT2D eigenvalue weighted by molar-refractivity contribution is 0.271. The maximum Gasteiger partial charge on any atom is 0.218 e. The summed E-state index contributed by atoms with van der Waals surface area (Å²) in [7, 11) is 0. The molecule has 1 aromatic heterocycles. The van der Waals surface area contributed by atoms with Gasteiger partial charge in [0.1, 0.15) is 12.1 Å². The number of rotatable bonds is 4. The normalized spacial score (nSPS) is 17.1. The molecule has 0 unspecified atom stereocenters. The largest absolute Gasteiger partial charge is 0.478 e. The van der Waals surface area contributed by atoms with Gasteiger partial charge in [0, 0.05) is 19.2 Å². The van der Waals surface area contributed by atoms with E-state index in [9.17, 15) is 0 Å². The summed E-state index contributed by atoms with van der Waals surface area (Å²) in [6.07, 6.45) is 5.34. The topological polar surface area (TPSA) is 50.3 Å². The summed E-state index contributed by atoms with van der Waals surface area (Å²) in [4.78, 5) is 8.20. The minimum atomic E-state index is 0.622. The summed E-state index contributed by atoms with van der Waals surface area (Å²) in [6, 6.07) is 1.83. The Morgan fingerprint density at radius 2 is 2.12 bits per heavy atom. The van der Waals surface area contributed by atoms with Gasteiger partial charge in [-0.25, -0.2) is 15.0 Å². The summed E-state index contributed by atoms with van der Waals surface area (Å²) in [5, 5.41) is 2.20. The molecule has 2 rings (SSSR count). The molecule has 88 valence electrons. The quantitative estimate of drug-likeness (QED) is 0.840. The highest BCUT2D eigenvalue weighted by atomic mass is 16.5. The van der Waals surface area contributed by atoms with Crippen molar-refractivity contribution in [2.24, 2.45) is 0 Å². The molecule has 1 N–H and O–H groups in total. The van der Waals surface area contributed by atoms with E-state index in [0.717, 1.165) is 18.9 Å². The van der Waals surface area contributed by atoms with E-state index in [0.29, 0.717) is 12.5 Å². The molecule has 1 fully saturated rings. The molecule has 0 atom stereocenters. The predicted molar refractivity (Wildman–Crippen MR) is 62.2 cm³/mol. The standard InChI is InChI=1S/C11H18N4O/c1-2-16-11-8-10(12-9-13-11)14-15-6-4-3-5-7-15/h8-9H,2-7H2,1H3,(H,12,13,14). The summed E-state index contributed by atoms with van der Waals surface area (Å²) in [5.74, 6) is 1.43. The van der Waals surface area contributed by atoms with Gasteiger partial charge in [-0.1, -0.05) is 6.42 Å². The lowest BCUT2D eigenvalue weighted by Crippen LogP contribution is -2.35. The second-order valence-corrected chi connectivity index (χ2v) is 3.83. The lowest BCUT2D eigenvalue weighted by atomic mass is 10.2. The van der Waals surface area contributed by atoms with Crippen LogP contribution < -0.4 is 10.2 Å². The van der Waals surface area contributed by atoms with Crippen LogP contribution in [0.5, 0.6) is 5.88 Å². The summed E-state index contributed by atoms with van der Waals surface area (Å²) in [6.45, 7) is 4.72. The van der Waals surface area contributed by atoms with Crippen molar-refractivity contribution in [2.75, 3.05) is 25.1 Å². The molecule has 0 amide bonds. The Morgan fingerprint density at radius 3 is 2.88 bits per heavy atom. The number of nitrogens with one attached hydrogen (secondary N) is 1. The molecule has 0 aromatic carbocycles. The van der Waals surface area contributed by atoms with Gasteiger partial charge in [0.2, 0.25) is 5.88 Å². The van der Waals surface area contributed by atoms with Gasteiger partial charge in [-0.3, -0.25) is 0 Å².